The number of fused-ring (bicyclic) bond motifs is 1. The van der Waals surface area contributed by atoms with Gasteiger partial charge in [-0.1, -0.05) is 59.6 Å². The van der Waals surface area contributed by atoms with Crippen LogP contribution in [-0.4, -0.2) is 20.0 Å². The van der Waals surface area contributed by atoms with Crippen molar-refractivity contribution in [3.63, 3.8) is 0 Å². The van der Waals surface area contributed by atoms with E-state index in [2.05, 4.69) is 5.32 Å². The number of halogens is 1. The number of amides is 1. The van der Waals surface area contributed by atoms with Crippen LogP contribution in [0.5, 0.6) is 0 Å². The number of carbonyl (C=O) groups is 1. The minimum Gasteiger partial charge on any atom is -0.348 e. The summed E-state index contributed by atoms with van der Waals surface area (Å²) in [5, 5.41) is 14.9. The first-order valence-corrected chi connectivity index (χ1v) is 12.7. The summed E-state index contributed by atoms with van der Waals surface area (Å²) in [5.41, 5.74) is 1.74. The summed E-state index contributed by atoms with van der Waals surface area (Å²) in [6.45, 7) is 2.02. The van der Waals surface area contributed by atoms with Crippen LogP contribution < -0.4 is 16.6 Å². The van der Waals surface area contributed by atoms with Gasteiger partial charge in [-0.25, -0.2) is 9.36 Å². The van der Waals surface area contributed by atoms with E-state index in [4.69, 9.17) is 11.6 Å². The minimum absolute atomic E-state index is 0.0617. The summed E-state index contributed by atoms with van der Waals surface area (Å²) in [7, 11) is 0. The zero-order chi connectivity index (χ0) is 28.4. The molecular formula is C30H23ClN4O5. The molecule has 0 saturated heterocycles. The smallest absolute Gasteiger partial charge is 0.336 e. The Balaban J connectivity index is 1.64. The molecule has 0 unspecified atom stereocenters. The van der Waals surface area contributed by atoms with Gasteiger partial charge in [0.2, 0.25) is 0 Å². The molecule has 0 aliphatic carbocycles. The Hall–Kier alpha value is -5.02. The second kappa shape index (κ2) is 11.0. The highest BCUT2D eigenvalue weighted by atomic mass is 35.5. The van der Waals surface area contributed by atoms with Gasteiger partial charge >= 0.3 is 5.69 Å². The number of carbonyl (C=O) groups excluding carboxylic acids is 1. The molecule has 40 heavy (non-hydrogen) atoms. The summed E-state index contributed by atoms with van der Waals surface area (Å²) in [6, 6.07) is 24.5. The van der Waals surface area contributed by atoms with Gasteiger partial charge in [0.25, 0.3) is 17.2 Å². The zero-order valence-corrected chi connectivity index (χ0v) is 22.1. The quantitative estimate of drug-likeness (QED) is 0.224. The van der Waals surface area contributed by atoms with Gasteiger partial charge in [0.05, 0.1) is 28.1 Å². The number of nitrogens with zero attached hydrogens (tertiary/aromatic N) is 3. The molecule has 200 valence electrons. The molecule has 0 aliphatic rings. The number of nitro groups is 1. The van der Waals surface area contributed by atoms with Crippen LogP contribution in [0.25, 0.3) is 16.6 Å². The molecule has 10 heteroatoms. The fourth-order valence-electron chi connectivity index (χ4n) is 4.45. The summed E-state index contributed by atoms with van der Waals surface area (Å²) in [6.07, 6.45) is 0. The van der Waals surface area contributed by atoms with Crippen LogP contribution in [0.2, 0.25) is 5.02 Å². The third-order valence-electron chi connectivity index (χ3n) is 6.56. The van der Waals surface area contributed by atoms with E-state index in [0.29, 0.717) is 16.3 Å². The van der Waals surface area contributed by atoms with Crippen LogP contribution in [0.3, 0.4) is 0 Å². The Bertz CT molecular complexity index is 1890. The standard InChI is InChI=1S/C30H23ClN4O5/c1-19-9-12-23(13-10-19)34-29(37)25-14-11-21(28(36)32-17-22-6-2-3-8-26(22)31)16-27(25)33(30(34)38)18-20-5-4-7-24(15-20)35(39)40/h2-16H,17-18H2,1H3,(H,32,36). The highest BCUT2D eigenvalue weighted by Gasteiger charge is 2.18. The number of aryl methyl sites for hydroxylation is 1. The van der Waals surface area contributed by atoms with Crippen LogP contribution >= 0.6 is 11.6 Å². The number of non-ortho nitro benzene ring substituents is 1. The average molecular weight is 555 g/mol. The van der Waals surface area contributed by atoms with Gasteiger partial charge in [-0.15, -0.1) is 0 Å². The fraction of sp³-hybridized carbons (Fsp3) is 0.100. The van der Waals surface area contributed by atoms with E-state index >= 15 is 0 Å². The molecule has 0 fully saturated rings. The Kier molecular flexibility index (Phi) is 7.31. The largest absolute Gasteiger partial charge is 0.348 e. The van der Waals surface area contributed by atoms with Crippen LogP contribution in [-0.2, 0) is 13.1 Å². The number of rotatable bonds is 7. The van der Waals surface area contributed by atoms with Crippen molar-refractivity contribution in [3.05, 3.63) is 149 Å². The lowest BCUT2D eigenvalue weighted by molar-refractivity contribution is -0.384. The average Bonchev–Trinajstić information content (AvgIpc) is 2.95. The Morgan fingerprint density at radius 1 is 0.950 bits per heavy atom. The maximum Gasteiger partial charge on any atom is 0.336 e. The van der Waals surface area contributed by atoms with Crippen molar-refractivity contribution in [1.82, 2.24) is 14.5 Å². The predicted molar refractivity (Wildman–Crippen MR) is 153 cm³/mol. The normalized spacial score (nSPS) is 10.9. The molecular weight excluding hydrogens is 532 g/mol. The number of benzene rings is 4. The molecule has 9 nitrogen and oxygen atoms in total. The van der Waals surface area contributed by atoms with Crippen molar-refractivity contribution in [3.8, 4) is 5.69 Å². The summed E-state index contributed by atoms with van der Waals surface area (Å²) in [5.74, 6) is -0.418. The first kappa shape index (κ1) is 26.6. The van der Waals surface area contributed by atoms with E-state index in [-0.39, 0.29) is 35.2 Å². The number of hydrogen-bond donors (Lipinski definition) is 1. The molecule has 0 spiro atoms. The molecule has 0 radical (unpaired) electrons. The van der Waals surface area contributed by atoms with Gasteiger partial charge in [0.15, 0.2) is 0 Å². The number of nitro benzene ring substituents is 1. The molecule has 1 aromatic heterocycles. The van der Waals surface area contributed by atoms with Gasteiger partial charge in [0.1, 0.15) is 0 Å². The van der Waals surface area contributed by atoms with Crippen molar-refractivity contribution in [2.45, 2.75) is 20.0 Å². The molecule has 5 aromatic rings. The molecule has 5 rings (SSSR count). The first-order chi connectivity index (χ1) is 19.2. The lowest BCUT2D eigenvalue weighted by Gasteiger charge is -2.15. The second-order valence-electron chi connectivity index (χ2n) is 9.28. The topological polar surface area (TPSA) is 116 Å². The summed E-state index contributed by atoms with van der Waals surface area (Å²) in [4.78, 5) is 51.3. The lowest BCUT2D eigenvalue weighted by atomic mass is 10.1. The molecule has 4 aromatic carbocycles. The van der Waals surface area contributed by atoms with E-state index < -0.39 is 22.1 Å². The summed E-state index contributed by atoms with van der Waals surface area (Å²) >= 11 is 6.20. The summed E-state index contributed by atoms with van der Waals surface area (Å²) < 4.78 is 2.41. The maximum atomic E-state index is 13.8. The van der Waals surface area contributed by atoms with Crippen LogP contribution in [0, 0.1) is 17.0 Å². The van der Waals surface area contributed by atoms with Crippen LogP contribution in [0.1, 0.15) is 27.0 Å². The molecule has 0 atom stereocenters. The highest BCUT2D eigenvalue weighted by molar-refractivity contribution is 6.31. The van der Waals surface area contributed by atoms with E-state index in [1.165, 1.54) is 41.0 Å². The van der Waals surface area contributed by atoms with Gasteiger partial charge in [0, 0.05) is 29.3 Å². The maximum absolute atomic E-state index is 13.8. The third-order valence-corrected chi connectivity index (χ3v) is 6.93. The van der Waals surface area contributed by atoms with Gasteiger partial charge in [-0.05, 0) is 54.4 Å². The number of nitrogens with one attached hydrogen (secondary N) is 1. The van der Waals surface area contributed by atoms with Crippen molar-refractivity contribution < 1.29 is 9.72 Å². The van der Waals surface area contributed by atoms with E-state index in [9.17, 15) is 24.5 Å². The Morgan fingerprint density at radius 2 is 1.70 bits per heavy atom. The molecule has 0 saturated carbocycles. The van der Waals surface area contributed by atoms with Crippen molar-refractivity contribution >= 4 is 34.1 Å². The zero-order valence-electron chi connectivity index (χ0n) is 21.3. The monoisotopic (exact) mass is 554 g/mol. The number of hydrogen-bond acceptors (Lipinski definition) is 5. The molecule has 0 bridgehead atoms. The molecule has 1 heterocycles. The van der Waals surface area contributed by atoms with E-state index in [0.717, 1.165) is 15.7 Å². The van der Waals surface area contributed by atoms with E-state index in [1.54, 1.807) is 48.5 Å². The van der Waals surface area contributed by atoms with Crippen LogP contribution in [0.15, 0.2) is 101 Å². The number of aromatic nitrogens is 2. The van der Waals surface area contributed by atoms with Crippen molar-refractivity contribution in [1.29, 1.82) is 0 Å². The SMILES string of the molecule is Cc1ccc(-n2c(=O)c3ccc(C(=O)NCc4ccccc4Cl)cc3n(Cc3cccc([N+](=O)[O-])c3)c2=O)cc1. The Labute approximate surface area is 233 Å². The van der Waals surface area contributed by atoms with Gasteiger partial charge in [-0.2, -0.15) is 0 Å². The van der Waals surface area contributed by atoms with Gasteiger partial charge < -0.3 is 5.32 Å². The molecule has 1 amide bonds. The second-order valence-corrected chi connectivity index (χ2v) is 9.69. The third kappa shape index (κ3) is 5.27. The highest BCUT2D eigenvalue weighted by Crippen LogP contribution is 2.19. The van der Waals surface area contributed by atoms with Gasteiger partial charge in [-0.3, -0.25) is 24.3 Å². The van der Waals surface area contributed by atoms with Crippen molar-refractivity contribution in [2.24, 2.45) is 0 Å². The predicted octanol–water partition coefficient (Wildman–Crippen LogP) is 5.00. The van der Waals surface area contributed by atoms with Crippen LogP contribution in [0.4, 0.5) is 5.69 Å². The first-order valence-electron chi connectivity index (χ1n) is 12.3. The molecule has 1 N–H and O–H groups in total. The lowest BCUT2D eigenvalue weighted by Crippen LogP contribution is -2.39. The van der Waals surface area contributed by atoms with Crippen molar-refractivity contribution in [2.75, 3.05) is 0 Å². The minimum atomic E-state index is -0.638. The Morgan fingerprint density at radius 3 is 2.42 bits per heavy atom. The molecule has 0 aliphatic heterocycles. The van der Waals surface area contributed by atoms with E-state index in [1.807, 2.05) is 13.0 Å². The fourth-order valence-corrected chi connectivity index (χ4v) is 4.66.